The molecule has 9 nitrogen and oxygen atoms in total. The summed E-state index contributed by atoms with van der Waals surface area (Å²) in [6.45, 7) is 4.22. The number of carboxylic acids is 1. The first-order chi connectivity index (χ1) is 18.4. The van der Waals surface area contributed by atoms with Crippen LogP contribution in [0.4, 0.5) is 5.95 Å². The molecule has 0 aliphatic rings. The van der Waals surface area contributed by atoms with Gasteiger partial charge in [-0.25, -0.2) is 14.8 Å². The number of anilines is 1. The third kappa shape index (κ3) is 4.73. The van der Waals surface area contributed by atoms with Crippen LogP contribution in [-0.4, -0.2) is 44.6 Å². The summed E-state index contributed by atoms with van der Waals surface area (Å²) in [4.78, 5) is 26.0. The quantitative estimate of drug-likeness (QED) is 0.286. The number of pyridine rings is 1. The Kier molecular flexibility index (Phi) is 6.66. The zero-order valence-electron chi connectivity index (χ0n) is 21.5. The van der Waals surface area contributed by atoms with Gasteiger partial charge in [0.05, 0.1) is 25.5 Å². The molecule has 0 bridgehead atoms. The number of aromatic nitrogens is 4. The predicted octanol–water partition coefficient (Wildman–Crippen LogP) is 5.40. The molecule has 5 rings (SSSR count). The lowest BCUT2D eigenvalue weighted by atomic mass is 9.99. The van der Waals surface area contributed by atoms with Crippen LogP contribution in [-0.2, 0) is 6.54 Å². The molecule has 0 fully saturated rings. The first kappa shape index (κ1) is 24.8. The molecular weight excluding hydrogens is 482 g/mol. The summed E-state index contributed by atoms with van der Waals surface area (Å²) in [6, 6.07) is 19.3. The van der Waals surface area contributed by atoms with Gasteiger partial charge in [-0.1, -0.05) is 30.3 Å². The van der Waals surface area contributed by atoms with E-state index in [2.05, 4.69) is 15.3 Å². The fraction of sp³-hybridized carbons (Fsp3) is 0.172. The third-order valence-electron chi connectivity index (χ3n) is 6.18. The number of methoxy groups -OCH3 is 2. The van der Waals surface area contributed by atoms with Gasteiger partial charge in [0.1, 0.15) is 11.5 Å². The Morgan fingerprint density at radius 1 is 0.921 bits per heavy atom. The minimum absolute atomic E-state index is 0.0779. The Morgan fingerprint density at radius 3 is 2.32 bits per heavy atom. The summed E-state index contributed by atoms with van der Waals surface area (Å²) >= 11 is 0. The second-order valence-corrected chi connectivity index (χ2v) is 8.82. The maximum absolute atomic E-state index is 12.0. The second kappa shape index (κ2) is 10.2. The molecule has 0 radical (unpaired) electrons. The van der Waals surface area contributed by atoms with E-state index in [1.807, 2.05) is 74.5 Å². The molecule has 2 N–H and O–H groups in total. The van der Waals surface area contributed by atoms with Gasteiger partial charge in [0.25, 0.3) is 0 Å². The minimum Gasteiger partial charge on any atom is -0.497 e. The molecule has 0 unspecified atom stereocenters. The fourth-order valence-electron chi connectivity index (χ4n) is 4.49. The maximum atomic E-state index is 12.0. The van der Waals surface area contributed by atoms with Crippen molar-refractivity contribution in [3.05, 3.63) is 89.5 Å². The van der Waals surface area contributed by atoms with Crippen LogP contribution in [0.3, 0.4) is 0 Å². The van der Waals surface area contributed by atoms with Gasteiger partial charge < -0.3 is 19.9 Å². The van der Waals surface area contributed by atoms with Crippen molar-refractivity contribution in [2.45, 2.75) is 20.4 Å². The third-order valence-corrected chi connectivity index (χ3v) is 6.18. The van der Waals surface area contributed by atoms with E-state index in [0.717, 1.165) is 33.6 Å². The number of rotatable bonds is 8. The maximum Gasteiger partial charge on any atom is 0.356 e. The SMILES string of the molecule is COc1ccc(CNc2nc(-c3ccccc3)c(-c3cc(C)nc(C)c3)c3nc(C(=O)O)cn23)c(OC)c1. The highest BCUT2D eigenvalue weighted by atomic mass is 16.5. The van der Waals surface area contributed by atoms with Crippen LogP contribution >= 0.6 is 0 Å². The van der Waals surface area contributed by atoms with Crippen LogP contribution in [0.25, 0.3) is 28.0 Å². The molecule has 9 heteroatoms. The van der Waals surface area contributed by atoms with E-state index in [1.165, 1.54) is 6.20 Å². The molecular formula is C29H27N5O4. The summed E-state index contributed by atoms with van der Waals surface area (Å²) in [5.41, 5.74) is 6.11. The summed E-state index contributed by atoms with van der Waals surface area (Å²) in [5, 5.41) is 13.1. The predicted molar refractivity (Wildman–Crippen MR) is 145 cm³/mol. The lowest BCUT2D eigenvalue weighted by Gasteiger charge is -2.17. The molecule has 5 aromatic rings. The number of nitrogens with one attached hydrogen (secondary N) is 1. The van der Waals surface area contributed by atoms with Crippen molar-refractivity contribution >= 4 is 17.6 Å². The summed E-state index contributed by atoms with van der Waals surface area (Å²) < 4.78 is 12.5. The highest BCUT2D eigenvalue weighted by Crippen LogP contribution is 2.36. The zero-order chi connectivity index (χ0) is 26.8. The highest BCUT2D eigenvalue weighted by Gasteiger charge is 2.22. The number of aryl methyl sites for hydroxylation is 2. The molecule has 192 valence electrons. The minimum atomic E-state index is -1.12. The Labute approximate surface area is 219 Å². The molecule has 0 saturated carbocycles. The number of hydrogen-bond donors (Lipinski definition) is 2. The number of hydrogen-bond acceptors (Lipinski definition) is 7. The van der Waals surface area contributed by atoms with Crippen molar-refractivity contribution in [3.63, 3.8) is 0 Å². The lowest BCUT2D eigenvalue weighted by molar-refractivity contribution is 0.0691. The highest BCUT2D eigenvalue weighted by molar-refractivity contribution is 5.94. The smallest absolute Gasteiger partial charge is 0.356 e. The van der Waals surface area contributed by atoms with Crippen LogP contribution in [0.2, 0.25) is 0 Å². The monoisotopic (exact) mass is 509 g/mol. The molecule has 0 aliphatic carbocycles. The van der Waals surface area contributed by atoms with Crippen LogP contribution in [0, 0.1) is 13.8 Å². The molecule has 0 amide bonds. The standard InChI is InChI=1S/C29H27N5O4/c1-17-12-21(13-18(2)31-17)25-26(19-8-6-5-7-9-19)33-29(34-16-23(28(35)36)32-27(25)34)30-15-20-10-11-22(37-3)14-24(20)38-4/h5-14,16H,15H2,1-4H3,(H,30,33)(H,35,36). The van der Waals surface area contributed by atoms with Gasteiger partial charge in [0.15, 0.2) is 11.3 Å². The van der Waals surface area contributed by atoms with Crippen LogP contribution in [0.15, 0.2) is 66.9 Å². The van der Waals surface area contributed by atoms with Gasteiger partial charge in [0, 0.05) is 41.3 Å². The molecule has 3 heterocycles. The van der Waals surface area contributed by atoms with E-state index < -0.39 is 5.97 Å². The molecule has 0 atom stereocenters. The van der Waals surface area contributed by atoms with Gasteiger partial charge in [-0.2, -0.15) is 0 Å². The number of carboxylic acid groups (broad SMARTS) is 1. The number of fused-ring (bicyclic) bond motifs is 1. The Balaban J connectivity index is 1.73. The van der Waals surface area contributed by atoms with Crippen LogP contribution < -0.4 is 14.8 Å². The molecule has 0 saturated heterocycles. The van der Waals surface area contributed by atoms with Crippen molar-refractivity contribution in [2.75, 3.05) is 19.5 Å². The van der Waals surface area contributed by atoms with Gasteiger partial charge in [-0.05, 0) is 43.7 Å². The Bertz CT molecular complexity index is 1630. The van der Waals surface area contributed by atoms with Crippen LogP contribution in [0.5, 0.6) is 11.5 Å². The number of nitrogens with zero attached hydrogens (tertiary/aromatic N) is 4. The van der Waals surface area contributed by atoms with Gasteiger partial charge in [0.2, 0.25) is 5.95 Å². The first-order valence-electron chi connectivity index (χ1n) is 12.0. The number of carbonyl (C=O) groups is 1. The van der Waals surface area contributed by atoms with Gasteiger partial charge in [-0.15, -0.1) is 0 Å². The van der Waals surface area contributed by atoms with Crippen molar-refractivity contribution in [1.29, 1.82) is 0 Å². The number of benzene rings is 2. The molecule has 0 spiro atoms. The lowest BCUT2D eigenvalue weighted by Crippen LogP contribution is -2.09. The molecule has 3 aromatic heterocycles. The van der Waals surface area contributed by atoms with Crippen molar-refractivity contribution < 1.29 is 19.4 Å². The van der Waals surface area contributed by atoms with Crippen molar-refractivity contribution in [2.24, 2.45) is 0 Å². The van der Waals surface area contributed by atoms with Gasteiger partial charge >= 0.3 is 5.97 Å². The average Bonchev–Trinajstić information content (AvgIpc) is 3.37. The molecule has 2 aromatic carbocycles. The largest absolute Gasteiger partial charge is 0.497 e. The second-order valence-electron chi connectivity index (χ2n) is 8.82. The van der Waals surface area contributed by atoms with E-state index in [-0.39, 0.29) is 5.69 Å². The van der Waals surface area contributed by atoms with Gasteiger partial charge in [-0.3, -0.25) is 9.38 Å². The normalized spacial score (nSPS) is 10.9. The zero-order valence-corrected chi connectivity index (χ0v) is 21.5. The number of aromatic carboxylic acids is 1. The number of ether oxygens (including phenoxy) is 2. The van der Waals surface area contributed by atoms with E-state index in [9.17, 15) is 9.90 Å². The fourth-order valence-corrected chi connectivity index (χ4v) is 4.49. The average molecular weight is 510 g/mol. The van der Waals surface area contributed by atoms with E-state index in [0.29, 0.717) is 35.3 Å². The Morgan fingerprint density at radius 2 is 1.66 bits per heavy atom. The summed E-state index contributed by atoms with van der Waals surface area (Å²) in [7, 11) is 3.20. The van der Waals surface area contributed by atoms with Crippen molar-refractivity contribution in [3.8, 4) is 33.9 Å². The van der Waals surface area contributed by atoms with Crippen LogP contribution in [0.1, 0.15) is 27.4 Å². The first-order valence-corrected chi connectivity index (χ1v) is 12.0. The Hall–Kier alpha value is -4.92. The summed E-state index contributed by atoms with van der Waals surface area (Å²) in [5.74, 6) is 0.673. The van der Waals surface area contributed by atoms with E-state index in [1.54, 1.807) is 18.6 Å². The molecule has 0 aliphatic heterocycles. The number of imidazole rings is 1. The van der Waals surface area contributed by atoms with Crippen molar-refractivity contribution in [1.82, 2.24) is 19.4 Å². The summed E-state index contributed by atoms with van der Waals surface area (Å²) in [6.07, 6.45) is 1.48. The topological polar surface area (TPSA) is 111 Å². The van der Waals surface area contributed by atoms with E-state index in [4.69, 9.17) is 14.5 Å². The van der Waals surface area contributed by atoms with E-state index >= 15 is 0 Å². The molecule has 38 heavy (non-hydrogen) atoms.